The Morgan fingerprint density at radius 1 is 1.44 bits per heavy atom. The van der Waals surface area contributed by atoms with Gasteiger partial charge in [-0.1, -0.05) is 19.9 Å². The first kappa shape index (κ1) is 14.1. The van der Waals surface area contributed by atoms with Crippen LogP contribution in [0.15, 0.2) is 18.2 Å². The van der Waals surface area contributed by atoms with Crippen LogP contribution >= 0.6 is 0 Å². The first-order chi connectivity index (χ1) is 8.32. The van der Waals surface area contributed by atoms with Gasteiger partial charge in [0.05, 0.1) is 11.0 Å². The molecule has 0 saturated heterocycles. The van der Waals surface area contributed by atoms with E-state index in [1.165, 1.54) is 12.1 Å². The molecule has 0 bridgehead atoms. The fourth-order valence-electron chi connectivity index (χ4n) is 1.42. The molecular formula is C12H17N3O3. The van der Waals surface area contributed by atoms with Gasteiger partial charge in [0.25, 0.3) is 5.69 Å². The van der Waals surface area contributed by atoms with Crippen LogP contribution in [-0.2, 0) is 4.79 Å². The molecule has 0 aliphatic rings. The monoisotopic (exact) mass is 251 g/mol. The lowest BCUT2D eigenvalue weighted by molar-refractivity contribution is -0.384. The summed E-state index contributed by atoms with van der Waals surface area (Å²) in [7, 11) is 0. The zero-order valence-electron chi connectivity index (χ0n) is 10.6. The summed E-state index contributed by atoms with van der Waals surface area (Å²) in [5.41, 5.74) is 6.49. The molecule has 1 aromatic rings. The minimum atomic E-state index is -0.689. The van der Waals surface area contributed by atoms with Crippen LogP contribution in [0, 0.1) is 23.0 Å². The zero-order valence-corrected chi connectivity index (χ0v) is 10.6. The largest absolute Gasteiger partial charge is 0.320 e. The van der Waals surface area contributed by atoms with Gasteiger partial charge in [0, 0.05) is 6.07 Å². The number of benzene rings is 1. The minimum absolute atomic E-state index is 0.0329. The van der Waals surface area contributed by atoms with Crippen molar-refractivity contribution < 1.29 is 9.72 Å². The van der Waals surface area contributed by atoms with Crippen molar-refractivity contribution in [3.63, 3.8) is 0 Å². The van der Waals surface area contributed by atoms with Crippen molar-refractivity contribution in [1.82, 2.24) is 0 Å². The Morgan fingerprint density at radius 3 is 2.56 bits per heavy atom. The Balaban J connectivity index is 2.98. The summed E-state index contributed by atoms with van der Waals surface area (Å²) in [4.78, 5) is 22.1. The predicted octanol–water partition coefficient (Wildman–Crippen LogP) is 1.83. The standard InChI is InChI=1S/C12H17N3O3/c1-7(2)11(13)12(16)14-9-5-4-8(3)6-10(9)15(17)18/h4-7,11H,13H2,1-3H3,(H,14,16). The van der Waals surface area contributed by atoms with Gasteiger partial charge >= 0.3 is 0 Å². The number of nitrogens with zero attached hydrogens (tertiary/aromatic N) is 1. The van der Waals surface area contributed by atoms with Gasteiger partial charge in [-0.2, -0.15) is 0 Å². The minimum Gasteiger partial charge on any atom is -0.320 e. The number of nitrogens with two attached hydrogens (primary N) is 1. The lowest BCUT2D eigenvalue weighted by atomic mass is 10.0. The Morgan fingerprint density at radius 2 is 2.06 bits per heavy atom. The number of nitro groups is 1. The quantitative estimate of drug-likeness (QED) is 0.630. The van der Waals surface area contributed by atoms with E-state index in [0.717, 1.165) is 5.56 Å². The Labute approximate surface area is 105 Å². The van der Waals surface area contributed by atoms with Gasteiger partial charge in [-0.3, -0.25) is 14.9 Å². The summed E-state index contributed by atoms with van der Waals surface area (Å²) in [6.07, 6.45) is 0. The number of amides is 1. The third-order valence-corrected chi connectivity index (χ3v) is 2.63. The molecule has 6 nitrogen and oxygen atoms in total. The van der Waals surface area contributed by atoms with Crippen LogP contribution in [0.25, 0.3) is 0 Å². The fraction of sp³-hybridized carbons (Fsp3) is 0.417. The highest BCUT2D eigenvalue weighted by molar-refractivity contribution is 5.96. The van der Waals surface area contributed by atoms with Crippen LogP contribution in [0.3, 0.4) is 0 Å². The SMILES string of the molecule is Cc1ccc(NC(=O)C(N)C(C)C)c([N+](=O)[O-])c1. The highest BCUT2D eigenvalue weighted by Gasteiger charge is 2.21. The van der Waals surface area contributed by atoms with Gasteiger partial charge in [0.15, 0.2) is 0 Å². The van der Waals surface area contributed by atoms with E-state index in [2.05, 4.69) is 5.32 Å². The predicted molar refractivity (Wildman–Crippen MR) is 69.3 cm³/mol. The van der Waals surface area contributed by atoms with E-state index >= 15 is 0 Å². The van der Waals surface area contributed by atoms with E-state index in [4.69, 9.17) is 5.73 Å². The molecule has 0 aliphatic carbocycles. The van der Waals surface area contributed by atoms with Crippen molar-refractivity contribution in [2.75, 3.05) is 5.32 Å². The third kappa shape index (κ3) is 3.27. The molecular weight excluding hydrogens is 234 g/mol. The van der Waals surface area contributed by atoms with Crippen LogP contribution < -0.4 is 11.1 Å². The van der Waals surface area contributed by atoms with Crippen LogP contribution in [0.4, 0.5) is 11.4 Å². The highest BCUT2D eigenvalue weighted by atomic mass is 16.6. The van der Waals surface area contributed by atoms with E-state index in [1.807, 2.05) is 13.8 Å². The Bertz CT molecular complexity index is 472. The smallest absolute Gasteiger partial charge is 0.293 e. The van der Waals surface area contributed by atoms with E-state index in [9.17, 15) is 14.9 Å². The molecule has 98 valence electrons. The maximum absolute atomic E-state index is 11.8. The summed E-state index contributed by atoms with van der Waals surface area (Å²) in [6.45, 7) is 5.38. The number of nitro benzene ring substituents is 1. The molecule has 0 spiro atoms. The van der Waals surface area contributed by atoms with Crippen molar-refractivity contribution in [2.24, 2.45) is 11.7 Å². The summed E-state index contributed by atoms with van der Waals surface area (Å²) < 4.78 is 0. The van der Waals surface area contributed by atoms with Crippen LogP contribution in [0.5, 0.6) is 0 Å². The number of rotatable bonds is 4. The van der Waals surface area contributed by atoms with Gasteiger partial charge in [-0.15, -0.1) is 0 Å². The normalized spacial score (nSPS) is 12.3. The summed E-state index contributed by atoms with van der Waals surface area (Å²) in [6, 6.07) is 3.93. The van der Waals surface area contributed by atoms with Gasteiger partial charge in [-0.05, 0) is 24.5 Å². The molecule has 3 N–H and O–H groups in total. The second-order valence-electron chi connectivity index (χ2n) is 4.54. The molecule has 1 amide bonds. The van der Waals surface area contributed by atoms with E-state index in [0.29, 0.717) is 0 Å². The number of anilines is 1. The second-order valence-corrected chi connectivity index (χ2v) is 4.54. The molecule has 0 aliphatic heterocycles. The molecule has 1 unspecified atom stereocenters. The molecule has 18 heavy (non-hydrogen) atoms. The number of hydrogen-bond acceptors (Lipinski definition) is 4. The lowest BCUT2D eigenvalue weighted by Crippen LogP contribution is -2.39. The lowest BCUT2D eigenvalue weighted by Gasteiger charge is -2.15. The second kappa shape index (κ2) is 5.59. The average molecular weight is 251 g/mol. The first-order valence-corrected chi connectivity index (χ1v) is 5.64. The molecule has 0 fully saturated rings. The fourth-order valence-corrected chi connectivity index (χ4v) is 1.42. The first-order valence-electron chi connectivity index (χ1n) is 5.64. The number of hydrogen-bond donors (Lipinski definition) is 2. The highest BCUT2D eigenvalue weighted by Crippen LogP contribution is 2.25. The van der Waals surface area contributed by atoms with Crippen molar-refractivity contribution in [1.29, 1.82) is 0 Å². The summed E-state index contributed by atoms with van der Waals surface area (Å²) in [5, 5.41) is 13.4. The number of aryl methyl sites for hydroxylation is 1. The maximum atomic E-state index is 11.8. The molecule has 0 saturated carbocycles. The molecule has 0 heterocycles. The topological polar surface area (TPSA) is 98.3 Å². The van der Waals surface area contributed by atoms with E-state index < -0.39 is 16.9 Å². The number of carbonyl (C=O) groups excluding carboxylic acids is 1. The van der Waals surface area contributed by atoms with Gasteiger partial charge in [0.1, 0.15) is 5.69 Å². The average Bonchev–Trinajstić information content (AvgIpc) is 2.29. The van der Waals surface area contributed by atoms with Crippen LogP contribution in [0.1, 0.15) is 19.4 Å². The molecule has 1 rings (SSSR count). The van der Waals surface area contributed by atoms with Gasteiger partial charge in [0.2, 0.25) is 5.91 Å². The van der Waals surface area contributed by atoms with E-state index in [1.54, 1.807) is 13.0 Å². The molecule has 1 atom stereocenters. The van der Waals surface area contributed by atoms with Crippen LogP contribution in [-0.4, -0.2) is 16.9 Å². The van der Waals surface area contributed by atoms with Crippen molar-refractivity contribution in [2.45, 2.75) is 26.8 Å². The number of nitrogens with one attached hydrogen (secondary N) is 1. The van der Waals surface area contributed by atoms with Gasteiger partial charge < -0.3 is 11.1 Å². The van der Waals surface area contributed by atoms with Crippen molar-refractivity contribution in [3.05, 3.63) is 33.9 Å². The van der Waals surface area contributed by atoms with E-state index in [-0.39, 0.29) is 17.3 Å². The molecule has 6 heteroatoms. The third-order valence-electron chi connectivity index (χ3n) is 2.63. The molecule has 1 aromatic carbocycles. The Kier molecular flexibility index (Phi) is 4.38. The number of carbonyl (C=O) groups is 1. The summed E-state index contributed by atoms with van der Waals surface area (Å²) >= 11 is 0. The summed E-state index contributed by atoms with van der Waals surface area (Å²) in [5.74, 6) is -0.452. The zero-order chi connectivity index (χ0) is 13.9. The molecule has 0 radical (unpaired) electrons. The van der Waals surface area contributed by atoms with Crippen molar-refractivity contribution >= 4 is 17.3 Å². The van der Waals surface area contributed by atoms with Crippen molar-refractivity contribution in [3.8, 4) is 0 Å². The molecule has 0 aromatic heterocycles. The maximum Gasteiger partial charge on any atom is 0.293 e. The Hall–Kier alpha value is -1.95. The van der Waals surface area contributed by atoms with Crippen LogP contribution in [0.2, 0.25) is 0 Å². The van der Waals surface area contributed by atoms with Gasteiger partial charge in [-0.25, -0.2) is 0 Å².